The summed E-state index contributed by atoms with van der Waals surface area (Å²) in [5.41, 5.74) is 0. The number of nitrogens with one attached hydrogen (secondary N) is 1. The van der Waals surface area contributed by atoms with Gasteiger partial charge in [-0.25, -0.2) is 0 Å². The molecule has 0 saturated heterocycles. The molecule has 0 fully saturated rings. The Morgan fingerprint density at radius 2 is 1.38 bits per heavy atom. The van der Waals surface area contributed by atoms with E-state index in [1.165, 1.54) is 0 Å². The first-order valence-electron chi connectivity index (χ1n) is 2.34. The molecule has 4 heteroatoms. The lowest BCUT2D eigenvalue weighted by molar-refractivity contribution is 0.267. The lowest BCUT2D eigenvalue weighted by atomic mass is 10.6. The molecule has 0 heterocycles. The highest BCUT2D eigenvalue weighted by Crippen LogP contribution is 1.54. The summed E-state index contributed by atoms with van der Waals surface area (Å²) in [4.78, 5) is 0. The van der Waals surface area contributed by atoms with Crippen LogP contribution in [0.1, 0.15) is 0 Å². The molecule has 0 spiro atoms. The number of aliphatic hydroxyl groups excluding tert-OH is 2. The van der Waals surface area contributed by atoms with Crippen molar-refractivity contribution in [2.24, 2.45) is 0 Å². The van der Waals surface area contributed by atoms with Gasteiger partial charge in [0.15, 0.2) is 0 Å². The molecule has 0 saturated carbocycles. The van der Waals surface area contributed by atoms with Crippen LogP contribution >= 0.6 is 13.5 Å². The van der Waals surface area contributed by atoms with Crippen LogP contribution in [0, 0.1) is 0 Å². The maximum Gasteiger partial charge on any atom is 0.0555 e. The topological polar surface area (TPSA) is 52.5 Å². The highest BCUT2D eigenvalue weighted by atomic mass is 32.1. The molecule has 0 aromatic rings. The van der Waals surface area contributed by atoms with Crippen molar-refractivity contribution >= 4 is 13.5 Å². The summed E-state index contributed by atoms with van der Waals surface area (Å²) in [5, 5.41) is 19.1. The fraction of sp³-hybridized carbons (Fsp3) is 1.00. The summed E-state index contributed by atoms with van der Waals surface area (Å²) in [6.45, 7) is 1.42. The van der Waals surface area contributed by atoms with Gasteiger partial charge in [0.05, 0.1) is 13.2 Å². The SMILES string of the molecule is OCCNCCO.S. The Morgan fingerprint density at radius 1 is 1.00 bits per heavy atom. The Balaban J connectivity index is 0. The van der Waals surface area contributed by atoms with E-state index in [4.69, 9.17) is 10.2 Å². The van der Waals surface area contributed by atoms with E-state index in [1.807, 2.05) is 0 Å². The Kier molecular flexibility index (Phi) is 14.2. The highest BCUT2D eigenvalue weighted by molar-refractivity contribution is 7.59. The van der Waals surface area contributed by atoms with Gasteiger partial charge >= 0.3 is 0 Å². The van der Waals surface area contributed by atoms with Crippen molar-refractivity contribution in [1.82, 2.24) is 5.32 Å². The minimum Gasteiger partial charge on any atom is -0.395 e. The Hall–Kier alpha value is 0.230. The fourth-order valence-electron chi connectivity index (χ4n) is 0.283. The number of hydrogen-bond donors (Lipinski definition) is 3. The molecule has 0 unspecified atom stereocenters. The predicted molar refractivity (Wildman–Crippen MR) is 37.4 cm³/mol. The molecule has 0 aliphatic carbocycles. The van der Waals surface area contributed by atoms with Gasteiger partial charge in [-0.15, -0.1) is 0 Å². The average molecular weight is 139 g/mol. The summed E-state index contributed by atoms with van der Waals surface area (Å²) in [6, 6.07) is 0. The van der Waals surface area contributed by atoms with E-state index in [1.54, 1.807) is 0 Å². The molecule has 0 rings (SSSR count). The normalized spacial score (nSPS) is 8.25. The van der Waals surface area contributed by atoms with Gasteiger partial charge in [-0.2, -0.15) is 13.5 Å². The zero-order valence-electron chi connectivity index (χ0n) is 4.72. The van der Waals surface area contributed by atoms with Crippen LogP contribution in [-0.4, -0.2) is 36.5 Å². The molecule has 0 aromatic heterocycles. The Labute approximate surface area is 56.2 Å². The monoisotopic (exact) mass is 139 g/mol. The minimum atomic E-state index is 0. The van der Waals surface area contributed by atoms with Crippen molar-refractivity contribution in [3.63, 3.8) is 0 Å². The molecule has 3 nitrogen and oxygen atoms in total. The van der Waals surface area contributed by atoms with Crippen LogP contribution in [0.4, 0.5) is 0 Å². The van der Waals surface area contributed by atoms with Crippen LogP contribution in [0.25, 0.3) is 0 Å². The molecule has 3 N–H and O–H groups in total. The first-order valence-corrected chi connectivity index (χ1v) is 2.34. The molecule has 8 heavy (non-hydrogen) atoms. The smallest absolute Gasteiger partial charge is 0.0555 e. The average Bonchev–Trinajstić information content (AvgIpc) is 1.69. The molecule has 0 aromatic carbocycles. The van der Waals surface area contributed by atoms with Crippen LogP contribution in [0.2, 0.25) is 0 Å². The van der Waals surface area contributed by atoms with E-state index in [-0.39, 0.29) is 26.7 Å². The van der Waals surface area contributed by atoms with Gasteiger partial charge in [-0.3, -0.25) is 0 Å². The van der Waals surface area contributed by atoms with E-state index in [9.17, 15) is 0 Å². The van der Waals surface area contributed by atoms with Crippen molar-refractivity contribution < 1.29 is 10.2 Å². The van der Waals surface area contributed by atoms with Crippen molar-refractivity contribution in [3.05, 3.63) is 0 Å². The second-order valence-corrected chi connectivity index (χ2v) is 1.20. The van der Waals surface area contributed by atoms with Gasteiger partial charge in [-0.05, 0) is 0 Å². The van der Waals surface area contributed by atoms with Crippen LogP contribution in [-0.2, 0) is 0 Å². The summed E-state index contributed by atoms with van der Waals surface area (Å²) < 4.78 is 0. The standard InChI is InChI=1S/C4H11NO2.H2S/c6-3-1-5-2-4-7;/h5-7H,1-4H2;1H2. The number of hydrogen-bond acceptors (Lipinski definition) is 3. The van der Waals surface area contributed by atoms with E-state index >= 15 is 0 Å². The molecule has 0 amide bonds. The summed E-state index contributed by atoms with van der Waals surface area (Å²) >= 11 is 0. The van der Waals surface area contributed by atoms with Crippen LogP contribution in [0.5, 0.6) is 0 Å². The van der Waals surface area contributed by atoms with Crippen LogP contribution < -0.4 is 5.32 Å². The zero-order valence-corrected chi connectivity index (χ0v) is 5.72. The summed E-state index contributed by atoms with van der Waals surface area (Å²) in [7, 11) is 0. The molecular weight excluding hydrogens is 126 g/mol. The van der Waals surface area contributed by atoms with E-state index in [0.717, 1.165) is 0 Å². The number of aliphatic hydroxyl groups is 2. The maximum atomic E-state index is 8.15. The van der Waals surface area contributed by atoms with Gasteiger partial charge in [0, 0.05) is 13.1 Å². The minimum absolute atomic E-state index is 0. The zero-order chi connectivity index (χ0) is 5.54. The van der Waals surface area contributed by atoms with Crippen molar-refractivity contribution in [1.29, 1.82) is 0 Å². The lowest BCUT2D eigenvalue weighted by Crippen LogP contribution is -2.21. The van der Waals surface area contributed by atoms with E-state index in [0.29, 0.717) is 13.1 Å². The maximum absolute atomic E-state index is 8.15. The van der Waals surface area contributed by atoms with Gasteiger partial charge in [0.2, 0.25) is 0 Å². The van der Waals surface area contributed by atoms with E-state index < -0.39 is 0 Å². The summed E-state index contributed by atoms with van der Waals surface area (Å²) in [5.74, 6) is 0. The molecular formula is C4H13NO2S. The second-order valence-electron chi connectivity index (χ2n) is 1.20. The second kappa shape index (κ2) is 10.3. The van der Waals surface area contributed by atoms with Crippen LogP contribution in [0.15, 0.2) is 0 Å². The molecule has 52 valence electrons. The van der Waals surface area contributed by atoms with Crippen molar-refractivity contribution in [3.8, 4) is 0 Å². The quantitative estimate of drug-likeness (QED) is 0.423. The van der Waals surface area contributed by atoms with Gasteiger partial charge < -0.3 is 15.5 Å². The highest BCUT2D eigenvalue weighted by Gasteiger charge is 1.78. The first kappa shape index (κ1) is 11.1. The van der Waals surface area contributed by atoms with Crippen molar-refractivity contribution in [2.75, 3.05) is 26.3 Å². The molecule has 0 radical (unpaired) electrons. The Morgan fingerprint density at radius 3 is 1.62 bits per heavy atom. The number of rotatable bonds is 4. The van der Waals surface area contributed by atoms with Crippen molar-refractivity contribution in [2.45, 2.75) is 0 Å². The first-order chi connectivity index (χ1) is 3.41. The van der Waals surface area contributed by atoms with Gasteiger partial charge in [0.25, 0.3) is 0 Å². The fourth-order valence-corrected chi connectivity index (χ4v) is 0.283. The lowest BCUT2D eigenvalue weighted by Gasteiger charge is -1.94. The van der Waals surface area contributed by atoms with E-state index in [2.05, 4.69) is 5.32 Å². The summed E-state index contributed by atoms with van der Waals surface area (Å²) in [6.07, 6.45) is 0. The third kappa shape index (κ3) is 9.52. The molecule has 0 atom stereocenters. The van der Waals surface area contributed by atoms with Crippen LogP contribution in [0.3, 0.4) is 0 Å². The third-order valence-corrected chi connectivity index (χ3v) is 0.577. The third-order valence-electron chi connectivity index (χ3n) is 0.577. The predicted octanol–water partition coefficient (Wildman–Crippen LogP) is -1.33. The largest absolute Gasteiger partial charge is 0.395 e. The molecule has 0 bridgehead atoms. The van der Waals surface area contributed by atoms with Gasteiger partial charge in [-0.1, -0.05) is 0 Å². The Bertz CT molecular complexity index is 33.2. The molecule has 0 aliphatic rings. The molecule has 0 aliphatic heterocycles. The van der Waals surface area contributed by atoms with Gasteiger partial charge in [0.1, 0.15) is 0 Å².